The molecule has 0 radical (unpaired) electrons. The fraction of sp³-hybridized carbons (Fsp3) is 0.836. The summed E-state index contributed by atoms with van der Waals surface area (Å²) in [6.45, 7) is 6.65. The van der Waals surface area contributed by atoms with E-state index in [1.807, 2.05) is 0 Å². The Kier molecular flexibility index (Phi) is 59.7. The molecule has 1 atom stereocenters. The molecule has 0 aromatic heterocycles. The van der Waals surface area contributed by atoms with Crippen LogP contribution in [0.1, 0.15) is 342 Å². The van der Waals surface area contributed by atoms with E-state index >= 15 is 0 Å². The molecule has 0 bridgehead atoms. The van der Waals surface area contributed by atoms with Crippen molar-refractivity contribution in [3.05, 3.63) is 48.6 Å². The minimum atomic E-state index is -0.784. The van der Waals surface area contributed by atoms with Crippen molar-refractivity contribution in [1.29, 1.82) is 0 Å². The molecule has 6 nitrogen and oxygen atoms in total. The molecule has 6 heteroatoms. The molecule has 0 amide bonds. The van der Waals surface area contributed by atoms with Crippen LogP contribution in [0.4, 0.5) is 0 Å². The maximum atomic E-state index is 12.9. The van der Waals surface area contributed by atoms with E-state index < -0.39 is 6.10 Å². The summed E-state index contributed by atoms with van der Waals surface area (Å²) in [5.41, 5.74) is 0. The van der Waals surface area contributed by atoms with Crippen molar-refractivity contribution in [3.8, 4) is 0 Å². The number of carbonyl (C=O) groups excluding carboxylic acids is 3. The summed E-state index contributed by atoms with van der Waals surface area (Å²) < 4.78 is 16.9. The standard InChI is InChI=1S/C67H122O6/c1-4-7-10-13-16-19-22-25-28-31-33-36-38-41-44-47-50-53-56-59-65(68)71-62-64(73-67(70)61-58-55-52-49-46-43-40-35-30-27-24-21-18-15-12-9-6-3)63-72-66(69)60-57-54-51-48-45-42-39-37-34-32-29-26-23-20-17-14-11-8-5-2/h16,19,25,28,33,36,41,44,64H,4-15,17-18,20-24,26-27,29-32,34-35,37-40,42-43,45-63H2,1-3H3/b19-16-,28-25-,36-33-,44-41-/t64-/m1/s1. The van der Waals surface area contributed by atoms with Gasteiger partial charge in [-0.3, -0.25) is 14.4 Å². The highest BCUT2D eigenvalue weighted by Gasteiger charge is 2.19. The van der Waals surface area contributed by atoms with Gasteiger partial charge in [-0.2, -0.15) is 0 Å². The average molecular weight is 1020 g/mol. The molecule has 0 N–H and O–H groups in total. The normalized spacial score (nSPS) is 12.3. The van der Waals surface area contributed by atoms with Crippen LogP contribution in [-0.2, 0) is 28.6 Å². The molecule has 73 heavy (non-hydrogen) atoms. The minimum Gasteiger partial charge on any atom is -0.462 e. The molecule has 0 fully saturated rings. The Morgan fingerprint density at radius 2 is 0.493 bits per heavy atom. The fourth-order valence-electron chi connectivity index (χ4n) is 9.49. The smallest absolute Gasteiger partial charge is 0.306 e. The zero-order valence-corrected chi connectivity index (χ0v) is 48.9. The molecule has 0 saturated heterocycles. The van der Waals surface area contributed by atoms with Gasteiger partial charge >= 0.3 is 17.9 Å². The minimum absolute atomic E-state index is 0.0783. The molecular formula is C67H122O6. The zero-order chi connectivity index (χ0) is 52.9. The maximum absolute atomic E-state index is 12.9. The predicted octanol–water partition coefficient (Wildman–Crippen LogP) is 21.8. The van der Waals surface area contributed by atoms with Crippen molar-refractivity contribution < 1.29 is 28.6 Å². The number of allylic oxidation sites excluding steroid dienone is 8. The van der Waals surface area contributed by atoms with Crippen LogP contribution >= 0.6 is 0 Å². The maximum Gasteiger partial charge on any atom is 0.306 e. The number of carbonyl (C=O) groups is 3. The van der Waals surface area contributed by atoms with Crippen molar-refractivity contribution in [2.75, 3.05) is 13.2 Å². The van der Waals surface area contributed by atoms with Gasteiger partial charge in [-0.05, 0) is 64.2 Å². The summed E-state index contributed by atoms with van der Waals surface area (Å²) >= 11 is 0. The summed E-state index contributed by atoms with van der Waals surface area (Å²) in [6, 6.07) is 0. The van der Waals surface area contributed by atoms with Gasteiger partial charge in [0.25, 0.3) is 0 Å². The Balaban J connectivity index is 4.38. The highest BCUT2D eigenvalue weighted by atomic mass is 16.6. The summed E-state index contributed by atoms with van der Waals surface area (Å²) in [6.07, 6.45) is 76.8. The zero-order valence-electron chi connectivity index (χ0n) is 48.9. The Hall–Kier alpha value is -2.63. The topological polar surface area (TPSA) is 78.9 Å². The largest absolute Gasteiger partial charge is 0.462 e. The van der Waals surface area contributed by atoms with Crippen LogP contribution in [0.5, 0.6) is 0 Å². The molecule has 426 valence electrons. The van der Waals surface area contributed by atoms with Gasteiger partial charge in [0.1, 0.15) is 13.2 Å². The average Bonchev–Trinajstić information content (AvgIpc) is 3.39. The molecule has 0 rings (SSSR count). The third-order valence-corrected chi connectivity index (χ3v) is 14.3. The molecule has 0 aliphatic carbocycles. The molecule has 0 saturated carbocycles. The van der Waals surface area contributed by atoms with E-state index in [1.165, 1.54) is 218 Å². The number of rotatable bonds is 59. The lowest BCUT2D eigenvalue weighted by atomic mass is 10.0. The van der Waals surface area contributed by atoms with E-state index in [-0.39, 0.29) is 31.1 Å². The monoisotopic (exact) mass is 1020 g/mol. The first-order valence-corrected chi connectivity index (χ1v) is 32.1. The van der Waals surface area contributed by atoms with Gasteiger partial charge < -0.3 is 14.2 Å². The van der Waals surface area contributed by atoms with Gasteiger partial charge in [0.15, 0.2) is 6.10 Å². The van der Waals surface area contributed by atoms with Crippen LogP contribution < -0.4 is 0 Å². The second-order valence-corrected chi connectivity index (χ2v) is 21.7. The Morgan fingerprint density at radius 1 is 0.274 bits per heavy atom. The van der Waals surface area contributed by atoms with Gasteiger partial charge in [0.05, 0.1) is 0 Å². The van der Waals surface area contributed by atoms with Crippen molar-refractivity contribution in [1.82, 2.24) is 0 Å². The number of ether oxygens (including phenoxy) is 3. The number of esters is 3. The van der Waals surface area contributed by atoms with Gasteiger partial charge in [-0.1, -0.05) is 307 Å². The highest BCUT2D eigenvalue weighted by molar-refractivity contribution is 5.71. The van der Waals surface area contributed by atoms with E-state index in [4.69, 9.17) is 14.2 Å². The number of hydrogen-bond acceptors (Lipinski definition) is 6. The third-order valence-electron chi connectivity index (χ3n) is 14.3. The summed E-state index contributed by atoms with van der Waals surface area (Å²) in [7, 11) is 0. The first kappa shape index (κ1) is 70.4. The van der Waals surface area contributed by atoms with Crippen molar-refractivity contribution in [2.24, 2.45) is 0 Å². The van der Waals surface area contributed by atoms with Crippen molar-refractivity contribution in [3.63, 3.8) is 0 Å². The molecule has 0 spiro atoms. The van der Waals surface area contributed by atoms with Crippen LogP contribution in [-0.4, -0.2) is 37.2 Å². The predicted molar refractivity (Wildman–Crippen MR) is 316 cm³/mol. The molecular weight excluding hydrogens is 901 g/mol. The van der Waals surface area contributed by atoms with Crippen molar-refractivity contribution >= 4 is 17.9 Å². The Morgan fingerprint density at radius 3 is 0.795 bits per heavy atom. The molecule has 0 aromatic rings. The van der Waals surface area contributed by atoms with Gasteiger partial charge in [0, 0.05) is 19.3 Å². The molecule has 0 aromatic carbocycles. The van der Waals surface area contributed by atoms with Crippen LogP contribution in [0.25, 0.3) is 0 Å². The van der Waals surface area contributed by atoms with E-state index in [9.17, 15) is 14.4 Å². The lowest BCUT2D eigenvalue weighted by Gasteiger charge is -2.18. The molecule has 0 aliphatic heterocycles. The highest BCUT2D eigenvalue weighted by Crippen LogP contribution is 2.18. The first-order valence-electron chi connectivity index (χ1n) is 32.1. The van der Waals surface area contributed by atoms with Crippen LogP contribution in [0.3, 0.4) is 0 Å². The van der Waals surface area contributed by atoms with E-state index in [0.29, 0.717) is 19.3 Å². The second-order valence-electron chi connectivity index (χ2n) is 21.7. The molecule has 0 unspecified atom stereocenters. The summed E-state index contributed by atoms with van der Waals surface area (Å²) in [5, 5.41) is 0. The van der Waals surface area contributed by atoms with E-state index in [2.05, 4.69) is 69.4 Å². The Bertz CT molecular complexity index is 1270. The molecule has 0 aliphatic rings. The third kappa shape index (κ3) is 60.1. The van der Waals surface area contributed by atoms with Gasteiger partial charge in [0.2, 0.25) is 0 Å². The summed E-state index contributed by atoms with van der Waals surface area (Å²) in [5.74, 6) is -0.886. The van der Waals surface area contributed by atoms with Crippen LogP contribution in [0, 0.1) is 0 Å². The van der Waals surface area contributed by atoms with E-state index in [0.717, 1.165) is 83.5 Å². The first-order chi connectivity index (χ1) is 36.0. The van der Waals surface area contributed by atoms with Gasteiger partial charge in [-0.15, -0.1) is 0 Å². The van der Waals surface area contributed by atoms with E-state index in [1.54, 1.807) is 0 Å². The van der Waals surface area contributed by atoms with Gasteiger partial charge in [-0.25, -0.2) is 0 Å². The summed E-state index contributed by atoms with van der Waals surface area (Å²) in [4.78, 5) is 38.3. The number of hydrogen-bond donors (Lipinski definition) is 0. The molecule has 0 heterocycles. The SMILES string of the molecule is CCCCC/C=C\C/C=C\C/C=C\C/C=C\CCCCCC(=O)OC[C@H](COC(=O)CCCCCCCCCCCCCCCCCCCCC)OC(=O)CCCCCCCCCCCCCCCCCCC. The Labute approximate surface area is 454 Å². The number of unbranched alkanes of at least 4 members (excludes halogenated alkanes) is 40. The lowest BCUT2D eigenvalue weighted by Crippen LogP contribution is -2.30. The van der Waals surface area contributed by atoms with Crippen LogP contribution in [0.15, 0.2) is 48.6 Å². The van der Waals surface area contributed by atoms with Crippen molar-refractivity contribution in [2.45, 2.75) is 348 Å². The quantitative estimate of drug-likeness (QED) is 0.0261. The fourth-order valence-corrected chi connectivity index (χ4v) is 9.49. The lowest BCUT2D eigenvalue weighted by molar-refractivity contribution is -0.167. The van der Waals surface area contributed by atoms with Crippen LogP contribution in [0.2, 0.25) is 0 Å². The second kappa shape index (κ2) is 61.9.